The zero-order chi connectivity index (χ0) is 10.6. The van der Waals surface area contributed by atoms with Crippen LogP contribution in [0.4, 0.5) is 0 Å². The van der Waals surface area contributed by atoms with Crippen molar-refractivity contribution in [1.29, 1.82) is 0 Å². The predicted molar refractivity (Wildman–Crippen MR) is 59.5 cm³/mol. The number of rotatable bonds is 5. The van der Waals surface area contributed by atoms with Gasteiger partial charge in [-0.25, -0.2) is 8.42 Å². The summed E-state index contributed by atoms with van der Waals surface area (Å²) in [5.74, 6) is 0.218. The van der Waals surface area contributed by atoms with Gasteiger partial charge >= 0.3 is 0 Å². The summed E-state index contributed by atoms with van der Waals surface area (Å²) in [5, 5.41) is 4.81. The van der Waals surface area contributed by atoms with Crippen molar-refractivity contribution in [3.8, 4) is 0 Å². The van der Waals surface area contributed by atoms with Gasteiger partial charge in [0.25, 0.3) is 0 Å². The monoisotopic (exact) mass is 233 g/mol. The van der Waals surface area contributed by atoms with E-state index in [4.69, 9.17) is 0 Å². The average molecular weight is 233 g/mol. The molecule has 1 heterocycles. The number of nitrogens with one attached hydrogen (secondary N) is 1. The third-order valence-corrected chi connectivity index (χ3v) is 5.35. The fraction of sp³-hybridized carbons (Fsp3) is 0.556. The zero-order valence-electron chi connectivity index (χ0n) is 8.36. The van der Waals surface area contributed by atoms with E-state index in [-0.39, 0.29) is 11.8 Å². The summed E-state index contributed by atoms with van der Waals surface area (Å²) >= 11 is 1.28. The van der Waals surface area contributed by atoms with Crippen LogP contribution in [0.1, 0.15) is 13.3 Å². The molecule has 0 aliphatic heterocycles. The van der Waals surface area contributed by atoms with E-state index in [2.05, 4.69) is 5.32 Å². The quantitative estimate of drug-likeness (QED) is 0.838. The lowest BCUT2D eigenvalue weighted by molar-refractivity contribution is 0.566. The smallest absolute Gasteiger partial charge is 0.187 e. The summed E-state index contributed by atoms with van der Waals surface area (Å²) in [7, 11) is -1.21. The van der Waals surface area contributed by atoms with Crippen molar-refractivity contribution in [1.82, 2.24) is 5.32 Å². The Bertz CT molecular complexity index is 356. The SMILES string of the molecule is CNC(C)CCS(=O)(=O)c1cccs1. The molecule has 0 saturated heterocycles. The van der Waals surface area contributed by atoms with Gasteiger partial charge in [0, 0.05) is 6.04 Å². The Kier molecular flexibility index (Phi) is 4.10. The molecule has 1 atom stereocenters. The van der Waals surface area contributed by atoms with Crippen molar-refractivity contribution in [3.63, 3.8) is 0 Å². The van der Waals surface area contributed by atoms with Crippen molar-refractivity contribution in [2.24, 2.45) is 0 Å². The zero-order valence-corrected chi connectivity index (χ0v) is 9.99. The van der Waals surface area contributed by atoms with Crippen LogP contribution in [-0.4, -0.2) is 27.3 Å². The number of sulfone groups is 1. The molecule has 1 rings (SSSR count). The van der Waals surface area contributed by atoms with Crippen LogP contribution in [0.3, 0.4) is 0 Å². The van der Waals surface area contributed by atoms with Crippen LogP contribution in [0.5, 0.6) is 0 Å². The summed E-state index contributed by atoms with van der Waals surface area (Å²) in [6, 6.07) is 3.66. The second-order valence-electron chi connectivity index (χ2n) is 3.23. The van der Waals surface area contributed by atoms with Crippen LogP contribution < -0.4 is 5.32 Å². The van der Waals surface area contributed by atoms with E-state index in [0.717, 1.165) is 0 Å². The summed E-state index contributed by atoms with van der Waals surface area (Å²) < 4.78 is 23.9. The molecule has 0 spiro atoms. The standard InChI is InChI=1S/C9H15NO2S2/c1-8(10-2)5-7-14(11,12)9-4-3-6-13-9/h3-4,6,8,10H,5,7H2,1-2H3. The lowest BCUT2D eigenvalue weighted by Gasteiger charge is -2.08. The highest BCUT2D eigenvalue weighted by molar-refractivity contribution is 7.93. The van der Waals surface area contributed by atoms with Crippen molar-refractivity contribution >= 4 is 21.2 Å². The first-order valence-electron chi connectivity index (χ1n) is 4.50. The summed E-state index contributed by atoms with van der Waals surface area (Å²) in [4.78, 5) is 0. The normalized spacial score (nSPS) is 14.1. The van der Waals surface area contributed by atoms with Gasteiger partial charge in [-0.15, -0.1) is 11.3 Å². The van der Waals surface area contributed by atoms with E-state index in [9.17, 15) is 8.42 Å². The molecular weight excluding hydrogens is 218 g/mol. The van der Waals surface area contributed by atoms with Crippen molar-refractivity contribution in [3.05, 3.63) is 17.5 Å². The molecule has 1 unspecified atom stereocenters. The molecule has 0 radical (unpaired) electrons. The Hall–Kier alpha value is -0.390. The highest BCUT2D eigenvalue weighted by Crippen LogP contribution is 2.18. The van der Waals surface area contributed by atoms with Crippen LogP contribution in [-0.2, 0) is 9.84 Å². The summed E-state index contributed by atoms with van der Waals surface area (Å²) in [6.07, 6.45) is 0.650. The van der Waals surface area contributed by atoms with E-state index >= 15 is 0 Å². The lowest BCUT2D eigenvalue weighted by atomic mass is 10.3. The van der Waals surface area contributed by atoms with Gasteiger partial charge < -0.3 is 5.32 Å². The van der Waals surface area contributed by atoms with Crippen LogP contribution in [0.15, 0.2) is 21.7 Å². The van der Waals surface area contributed by atoms with Gasteiger partial charge in [0.1, 0.15) is 4.21 Å². The topological polar surface area (TPSA) is 46.2 Å². The van der Waals surface area contributed by atoms with Gasteiger partial charge in [-0.3, -0.25) is 0 Å². The van der Waals surface area contributed by atoms with E-state index < -0.39 is 9.84 Å². The largest absolute Gasteiger partial charge is 0.317 e. The Morgan fingerprint density at radius 3 is 2.79 bits per heavy atom. The molecule has 1 N–H and O–H groups in total. The molecule has 3 nitrogen and oxygen atoms in total. The molecule has 0 fully saturated rings. The minimum Gasteiger partial charge on any atom is -0.317 e. The van der Waals surface area contributed by atoms with Gasteiger partial charge in [-0.1, -0.05) is 6.07 Å². The van der Waals surface area contributed by atoms with Crippen molar-refractivity contribution in [2.75, 3.05) is 12.8 Å². The fourth-order valence-corrected chi connectivity index (χ4v) is 3.62. The molecule has 0 amide bonds. The minimum atomic E-state index is -3.04. The van der Waals surface area contributed by atoms with E-state index in [1.807, 2.05) is 14.0 Å². The first-order chi connectivity index (χ1) is 6.56. The second-order valence-corrected chi connectivity index (χ2v) is 6.51. The molecule has 5 heteroatoms. The molecule has 1 aromatic rings. The Morgan fingerprint density at radius 1 is 1.57 bits per heavy atom. The molecular formula is C9H15NO2S2. The van der Waals surface area contributed by atoms with Crippen LogP contribution in [0.2, 0.25) is 0 Å². The van der Waals surface area contributed by atoms with Crippen LogP contribution >= 0.6 is 11.3 Å². The molecule has 0 aromatic carbocycles. The number of hydrogen-bond donors (Lipinski definition) is 1. The number of hydrogen-bond acceptors (Lipinski definition) is 4. The molecule has 80 valence electrons. The molecule has 14 heavy (non-hydrogen) atoms. The van der Waals surface area contributed by atoms with Gasteiger partial charge in [0.05, 0.1) is 5.75 Å². The predicted octanol–water partition coefficient (Wildman–Crippen LogP) is 1.52. The lowest BCUT2D eigenvalue weighted by Crippen LogP contribution is -2.24. The maximum absolute atomic E-state index is 11.7. The minimum absolute atomic E-state index is 0.218. The van der Waals surface area contributed by atoms with Gasteiger partial charge in [-0.05, 0) is 31.8 Å². The second kappa shape index (κ2) is 4.91. The summed E-state index contributed by atoms with van der Waals surface area (Å²) in [6.45, 7) is 1.98. The Morgan fingerprint density at radius 2 is 2.29 bits per heavy atom. The van der Waals surface area contributed by atoms with Crippen molar-refractivity contribution < 1.29 is 8.42 Å². The third kappa shape index (κ3) is 3.08. The molecule has 0 saturated carbocycles. The van der Waals surface area contributed by atoms with Gasteiger partial charge in [0.2, 0.25) is 0 Å². The highest BCUT2D eigenvalue weighted by atomic mass is 32.2. The Balaban J connectivity index is 2.60. The molecule has 1 aromatic heterocycles. The molecule has 0 aliphatic rings. The Labute approximate surface area is 89.1 Å². The first kappa shape index (κ1) is 11.7. The van der Waals surface area contributed by atoms with E-state index in [0.29, 0.717) is 10.6 Å². The van der Waals surface area contributed by atoms with Crippen LogP contribution in [0, 0.1) is 0 Å². The van der Waals surface area contributed by atoms with E-state index in [1.165, 1.54) is 11.3 Å². The fourth-order valence-electron chi connectivity index (χ4n) is 1.02. The van der Waals surface area contributed by atoms with E-state index in [1.54, 1.807) is 17.5 Å². The summed E-state index contributed by atoms with van der Waals surface area (Å²) in [5.41, 5.74) is 0. The van der Waals surface area contributed by atoms with Crippen molar-refractivity contribution in [2.45, 2.75) is 23.6 Å². The maximum atomic E-state index is 11.7. The highest BCUT2D eigenvalue weighted by Gasteiger charge is 2.16. The maximum Gasteiger partial charge on any atom is 0.187 e. The third-order valence-electron chi connectivity index (χ3n) is 2.11. The first-order valence-corrected chi connectivity index (χ1v) is 7.03. The molecule has 0 bridgehead atoms. The molecule has 0 aliphatic carbocycles. The van der Waals surface area contributed by atoms with Crippen LogP contribution in [0.25, 0.3) is 0 Å². The van der Waals surface area contributed by atoms with Gasteiger partial charge in [0.15, 0.2) is 9.84 Å². The number of thiophene rings is 1. The van der Waals surface area contributed by atoms with Gasteiger partial charge in [-0.2, -0.15) is 0 Å². The average Bonchev–Trinajstić information content (AvgIpc) is 2.67.